The van der Waals surface area contributed by atoms with E-state index in [0.717, 1.165) is 23.3 Å². The van der Waals surface area contributed by atoms with Crippen molar-refractivity contribution in [3.8, 4) is 11.4 Å². The summed E-state index contributed by atoms with van der Waals surface area (Å²) < 4.78 is 82.2. The molecule has 0 unspecified atom stereocenters. The number of hydrogen-bond donors (Lipinski definition) is 2. The van der Waals surface area contributed by atoms with E-state index in [4.69, 9.17) is 5.11 Å². The van der Waals surface area contributed by atoms with E-state index in [1.54, 1.807) is 48.0 Å². The Kier molecular flexibility index (Phi) is 8.21. The lowest BCUT2D eigenvalue weighted by Crippen LogP contribution is -2.37. The van der Waals surface area contributed by atoms with Crippen molar-refractivity contribution in [2.45, 2.75) is 49.9 Å². The van der Waals surface area contributed by atoms with Gasteiger partial charge in [0.25, 0.3) is 5.91 Å². The molecule has 0 spiro atoms. The van der Waals surface area contributed by atoms with Gasteiger partial charge in [-0.05, 0) is 67.1 Å². The Balaban J connectivity index is 1.47. The molecule has 0 aliphatic heterocycles. The highest BCUT2D eigenvalue weighted by Gasteiger charge is 2.47. The van der Waals surface area contributed by atoms with Crippen molar-refractivity contribution in [3.05, 3.63) is 89.0 Å². The molecule has 1 aliphatic rings. The number of benzene rings is 3. The molecular weight excluding hydrogens is 588 g/mol. The monoisotopic (exact) mass is 617 g/mol. The molecular formula is C32H29F6N3O3. The first-order valence-corrected chi connectivity index (χ1v) is 14.0. The topological polar surface area (TPSA) is 84.2 Å². The third kappa shape index (κ3) is 6.15. The Hall–Kier alpha value is -4.35. The third-order valence-electron chi connectivity index (χ3n) is 8.53. The van der Waals surface area contributed by atoms with Crippen molar-refractivity contribution in [2.24, 2.45) is 13.0 Å². The van der Waals surface area contributed by atoms with Crippen LogP contribution in [0.25, 0.3) is 22.4 Å². The average Bonchev–Trinajstić information content (AvgIpc) is 3.32. The van der Waals surface area contributed by atoms with Gasteiger partial charge in [0.1, 0.15) is 5.82 Å². The number of alkyl halides is 6. The number of aliphatic carboxylic acids is 1. The fourth-order valence-corrected chi connectivity index (χ4v) is 6.08. The van der Waals surface area contributed by atoms with Gasteiger partial charge in [-0.1, -0.05) is 36.4 Å². The van der Waals surface area contributed by atoms with Gasteiger partial charge in [-0.15, -0.1) is 0 Å². The number of hydrogen-bond acceptors (Lipinski definition) is 3. The van der Waals surface area contributed by atoms with E-state index in [0.29, 0.717) is 22.5 Å². The van der Waals surface area contributed by atoms with Gasteiger partial charge in [-0.2, -0.15) is 26.3 Å². The first-order valence-electron chi connectivity index (χ1n) is 14.0. The van der Waals surface area contributed by atoms with Crippen LogP contribution in [0.3, 0.4) is 0 Å². The second-order valence-corrected chi connectivity index (χ2v) is 11.1. The normalized spacial score (nSPS) is 19.2. The standard InChI is InChI=1S/C32H29F6N3O3/c1-41-26-11-10-24(32(36,37)38)18-25(26)40-28(41)19-2-6-21(7-3-19)30(15-12-23(13-16-30)31(33,34)35)22-8-4-20(5-9-22)29(44)39-17-14-27(42)43/h2-11,18,23H,12-17H2,1H3,(H,39,44)(H,42,43). The van der Waals surface area contributed by atoms with Gasteiger partial charge in [0.2, 0.25) is 0 Å². The molecule has 0 saturated heterocycles. The maximum Gasteiger partial charge on any atom is 0.416 e. The molecule has 1 heterocycles. The number of nitrogens with one attached hydrogen (secondary N) is 1. The predicted molar refractivity (Wildman–Crippen MR) is 151 cm³/mol. The lowest BCUT2D eigenvalue weighted by Gasteiger charge is -2.42. The zero-order valence-corrected chi connectivity index (χ0v) is 23.6. The van der Waals surface area contributed by atoms with Crippen LogP contribution >= 0.6 is 0 Å². The number of carboxylic acids is 1. The molecule has 0 bridgehead atoms. The van der Waals surface area contributed by atoms with E-state index in [-0.39, 0.29) is 44.2 Å². The van der Waals surface area contributed by atoms with E-state index in [9.17, 15) is 35.9 Å². The Bertz CT molecular complexity index is 1670. The van der Waals surface area contributed by atoms with Gasteiger partial charge >= 0.3 is 18.3 Å². The summed E-state index contributed by atoms with van der Waals surface area (Å²) in [6, 6.07) is 17.1. The molecule has 1 aliphatic carbocycles. The van der Waals surface area contributed by atoms with Crippen molar-refractivity contribution in [1.29, 1.82) is 0 Å². The molecule has 5 rings (SSSR count). The zero-order chi connectivity index (χ0) is 31.9. The maximum atomic E-state index is 13.6. The van der Waals surface area contributed by atoms with Gasteiger partial charge < -0.3 is 15.0 Å². The number of carboxylic acid groups (broad SMARTS) is 1. The highest BCUT2D eigenvalue weighted by Crippen LogP contribution is 2.50. The van der Waals surface area contributed by atoms with Gasteiger partial charge in [0.05, 0.1) is 28.9 Å². The SMILES string of the molecule is Cn1c(-c2ccc(C3(c4ccc(C(=O)NCCC(=O)O)cc4)CCC(C(F)(F)F)CC3)cc2)nc2cc(C(F)(F)F)ccc21. The molecule has 3 aromatic carbocycles. The Morgan fingerprint density at radius 1 is 0.932 bits per heavy atom. The largest absolute Gasteiger partial charge is 0.481 e. The van der Waals surface area contributed by atoms with Crippen molar-refractivity contribution in [3.63, 3.8) is 0 Å². The molecule has 1 fully saturated rings. The minimum Gasteiger partial charge on any atom is -0.481 e. The number of carbonyl (C=O) groups is 2. The molecule has 1 amide bonds. The van der Waals surface area contributed by atoms with Crippen LogP contribution in [0, 0.1) is 5.92 Å². The number of aryl methyl sites for hydroxylation is 1. The number of nitrogens with zero attached hydrogens (tertiary/aromatic N) is 2. The van der Waals surface area contributed by atoms with Gasteiger partial charge in [-0.3, -0.25) is 9.59 Å². The summed E-state index contributed by atoms with van der Waals surface area (Å²) >= 11 is 0. The molecule has 4 aromatic rings. The lowest BCUT2D eigenvalue weighted by atomic mass is 9.63. The van der Waals surface area contributed by atoms with Crippen molar-refractivity contribution in [1.82, 2.24) is 14.9 Å². The minimum atomic E-state index is -4.50. The molecule has 1 saturated carbocycles. The van der Waals surface area contributed by atoms with Crippen LogP contribution in [-0.2, 0) is 23.4 Å². The zero-order valence-electron chi connectivity index (χ0n) is 23.6. The maximum absolute atomic E-state index is 13.6. The summed E-state index contributed by atoms with van der Waals surface area (Å²) in [6.45, 7) is -0.0416. The molecule has 0 atom stereocenters. The van der Waals surface area contributed by atoms with Gasteiger partial charge in [0, 0.05) is 30.1 Å². The molecule has 12 heteroatoms. The Labute approximate surface area is 248 Å². The number of rotatable bonds is 7. The number of fused-ring (bicyclic) bond motifs is 1. The van der Waals surface area contributed by atoms with Gasteiger partial charge in [0.15, 0.2) is 0 Å². The molecule has 2 N–H and O–H groups in total. The van der Waals surface area contributed by atoms with Crippen LogP contribution in [0.1, 0.15) is 59.2 Å². The molecule has 0 radical (unpaired) electrons. The third-order valence-corrected chi connectivity index (χ3v) is 8.53. The summed E-state index contributed by atoms with van der Waals surface area (Å²) in [6.07, 6.45) is -8.76. The quantitative estimate of drug-likeness (QED) is 0.211. The Morgan fingerprint density at radius 3 is 2.07 bits per heavy atom. The summed E-state index contributed by atoms with van der Waals surface area (Å²) in [7, 11) is 1.70. The molecule has 44 heavy (non-hydrogen) atoms. The van der Waals surface area contributed by atoms with Crippen LogP contribution in [0.5, 0.6) is 0 Å². The minimum absolute atomic E-state index is 0.0416. The van der Waals surface area contributed by atoms with Crippen molar-refractivity contribution < 1.29 is 41.0 Å². The highest BCUT2D eigenvalue weighted by atomic mass is 19.4. The second-order valence-electron chi connectivity index (χ2n) is 11.1. The number of amides is 1. The van der Waals surface area contributed by atoms with Crippen LogP contribution in [0.2, 0.25) is 0 Å². The number of halogens is 6. The van der Waals surface area contributed by atoms with Crippen molar-refractivity contribution in [2.75, 3.05) is 6.54 Å². The summed E-state index contributed by atoms with van der Waals surface area (Å²) in [4.78, 5) is 27.6. The number of carbonyl (C=O) groups excluding carboxylic acids is 1. The average molecular weight is 618 g/mol. The molecule has 232 valence electrons. The van der Waals surface area contributed by atoms with E-state index < -0.39 is 41.1 Å². The fourth-order valence-electron chi connectivity index (χ4n) is 6.08. The first kappa shape index (κ1) is 31.1. The van der Waals surface area contributed by atoms with E-state index in [2.05, 4.69) is 10.3 Å². The second kappa shape index (κ2) is 11.6. The predicted octanol–water partition coefficient (Wildman–Crippen LogP) is 7.50. The fraction of sp³-hybridized carbons (Fsp3) is 0.344. The number of aromatic nitrogens is 2. The smallest absolute Gasteiger partial charge is 0.416 e. The van der Waals surface area contributed by atoms with Crippen LogP contribution in [0.15, 0.2) is 66.7 Å². The van der Waals surface area contributed by atoms with E-state index in [1.165, 1.54) is 6.07 Å². The van der Waals surface area contributed by atoms with E-state index in [1.807, 2.05) is 12.1 Å². The van der Waals surface area contributed by atoms with E-state index >= 15 is 0 Å². The first-order chi connectivity index (χ1) is 20.7. The summed E-state index contributed by atoms with van der Waals surface area (Å²) in [5.41, 5.74) is 1.59. The summed E-state index contributed by atoms with van der Waals surface area (Å²) in [5.74, 6) is -2.48. The van der Waals surface area contributed by atoms with Crippen LogP contribution in [0.4, 0.5) is 26.3 Å². The van der Waals surface area contributed by atoms with Crippen LogP contribution in [-0.4, -0.2) is 39.3 Å². The Morgan fingerprint density at radius 2 is 1.52 bits per heavy atom. The van der Waals surface area contributed by atoms with Gasteiger partial charge in [-0.25, -0.2) is 4.98 Å². The highest BCUT2D eigenvalue weighted by molar-refractivity contribution is 5.94. The molecule has 1 aromatic heterocycles. The lowest BCUT2D eigenvalue weighted by molar-refractivity contribution is -0.184. The summed E-state index contributed by atoms with van der Waals surface area (Å²) in [5, 5.41) is 11.3. The van der Waals surface area contributed by atoms with Crippen LogP contribution < -0.4 is 5.32 Å². The molecule has 6 nitrogen and oxygen atoms in total. The van der Waals surface area contributed by atoms with Crippen molar-refractivity contribution >= 4 is 22.9 Å². The number of imidazole rings is 1.